The molecule has 2 bridgehead atoms. The number of carboxylic acids is 1. The third kappa shape index (κ3) is 2.03. The summed E-state index contributed by atoms with van der Waals surface area (Å²) in [5.74, 6) is -0.763. The average Bonchev–Trinajstić information content (AvgIpc) is 2.58. The number of halogens is 1. The third-order valence-electron chi connectivity index (χ3n) is 5.26. The highest BCUT2D eigenvalue weighted by Crippen LogP contribution is 2.58. The van der Waals surface area contributed by atoms with E-state index >= 15 is 0 Å². The second kappa shape index (κ2) is 4.85. The van der Waals surface area contributed by atoms with E-state index in [0.717, 1.165) is 18.4 Å². The number of aliphatic carboxylic acids is 1. The second-order valence-corrected chi connectivity index (χ2v) is 6.21. The minimum absolute atomic E-state index is 0.0701. The van der Waals surface area contributed by atoms with Gasteiger partial charge >= 0.3 is 5.97 Å². The van der Waals surface area contributed by atoms with Gasteiger partial charge in [0.2, 0.25) is 0 Å². The highest BCUT2D eigenvalue weighted by molar-refractivity contribution is 5.69. The van der Waals surface area contributed by atoms with E-state index in [1.54, 1.807) is 12.1 Å². The lowest BCUT2D eigenvalue weighted by molar-refractivity contribution is -0.140. The van der Waals surface area contributed by atoms with Gasteiger partial charge in [0.15, 0.2) is 0 Å². The van der Waals surface area contributed by atoms with E-state index in [-0.39, 0.29) is 30.2 Å². The molecule has 2 unspecified atom stereocenters. The lowest BCUT2D eigenvalue weighted by Gasteiger charge is -2.45. The van der Waals surface area contributed by atoms with Crippen LogP contribution in [-0.2, 0) is 10.2 Å². The van der Waals surface area contributed by atoms with E-state index in [9.17, 15) is 19.4 Å². The quantitative estimate of drug-likeness (QED) is 0.893. The van der Waals surface area contributed by atoms with E-state index in [0.29, 0.717) is 12.8 Å². The number of hydrogen-bond donors (Lipinski definition) is 2. The number of rotatable bonds is 3. The number of fused-ring (bicyclic) bond motifs is 2. The van der Waals surface area contributed by atoms with Crippen molar-refractivity contribution < 1.29 is 19.4 Å². The molecule has 108 valence electrons. The predicted octanol–water partition coefficient (Wildman–Crippen LogP) is 2.72. The van der Waals surface area contributed by atoms with Crippen LogP contribution in [0.25, 0.3) is 0 Å². The van der Waals surface area contributed by atoms with Gasteiger partial charge in [-0.25, -0.2) is 4.39 Å². The Bertz CT molecular complexity index is 497. The Labute approximate surface area is 117 Å². The predicted molar refractivity (Wildman–Crippen MR) is 71.8 cm³/mol. The van der Waals surface area contributed by atoms with Gasteiger partial charge in [0, 0.05) is 5.41 Å². The van der Waals surface area contributed by atoms with E-state index in [1.807, 2.05) is 0 Å². The van der Waals surface area contributed by atoms with Gasteiger partial charge in [0.05, 0.1) is 12.5 Å². The molecule has 2 aliphatic rings. The lowest BCUT2D eigenvalue weighted by Crippen LogP contribution is -2.45. The Morgan fingerprint density at radius 3 is 2.25 bits per heavy atom. The van der Waals surface area contributed by atoms with E-state index in [2.05, 4.69) is 0 Å². The minimum atomic E-state index is -0.817. The molecule has 0 aromatic heterocycles. The van der Waals surface area contributed by atoms with Crippen LogP contribution in [0.4, 0.5) is 4.39 Å². The maximum Gasteiger partial charge on any atom is 0.304 e. The van der Waals surface area contributed by atoms with Gasteiger partial charge in [-0.05, 0) is 55.2 Å². The summed E-state index contributed by atoms with van der Waals surface area (Å²) < 4.78 is 13.2. The van der Waals surface area contributed by atoms with Gasteiger partial charge < -0.3 is 10.2 Å². The summed E-state index contributed by atoms with van der Waals surface area (Å²) in [6, 6.07) is 6.26. The maximum absolute atomic E-state index is 13.2. The zero-order valence-corrected chi connectivity index (χ0v) is 11.3. The fourth-order valence-corrected chi connectivity index (χ4v) is 4.53. The van der Waals surface area contributed by atoms with Crippen LogP contribution < -0.4 is 0 Å². The van der Waals surface area contributed by atoms with Crippen LogP contribution in [0.1, 0.15) is 37.7 Å². The van der Waals surface area contributed by atoms with Crippen molar-refractivity contribution in [1.82, 2.24) is 0 Å². The molecule has 2 saturated carbocycles. The van der Waals surface area contributed by atoms with Crippen molar-refractivity contribution in [2.45, 2.75) is 43.6 Å². The number of carbonyl (C=O) groups is 1. The summed E-state index contributed by atoms with van der Waals surface area (Å²) in [4.78, 5) is 11.4. The summed E-state index contributed by atoms with van der Waals surface area (Å²) in [5, 5.41) is 19.3. The molecule has 1 aromatic rings. The largest absolute Gasteiger partial charge is 0.481 e. The normalized spacial score (nSPS) is 36.0. The van der Waals surface area contributed by atoms with Crippen molar-refractivity contribution in [3.05, 3.63) is 35.6 Å². The molecule has 4 heteroatoms. The van der Waals surface area contributed by atoms with Crippen molar-refractivity contribution >= 4 is 5.97 Å². The fourth-order valence-electron chi connectivity index (χ4n) is 4.53. The summed E-state index contributed by atoms with van der Waals surface area (Å²) in [7, 11) is 0. The molecule has 20 heavy (non-hydrogen) atoms. The van der Waals surface area contributed by atoms with Gasteiger partial charge in [-0.3, -0.25) is 4.79 Å². The van der Waals surface area contributed by atoms with Crippen molar-refractivity contribution in [2.75, 3.05) is 0 Å². The Kier molecular flexibility index (Phi) is 3.28. The van der Waals surface area contributed by atoms with Gasteiger partial charge in [-0.1, -0.05) is 12.1 Å². The molecule has 0 radical (unpaired) electrons. The average molecular weight is 278 g/mol. The number of carboxylic acid groups (broad SMARTS) is 1. The maximum atomic E-state index is 13.2. The molecule has 0 amide bonds. The molecular formula is C16H19FO3. The van der Waals surface area contributed by atoms with Gasteiger partial charge in [-0.15, -0.1) is 0 Å². The van der Waals surface area contributed by atoms with Crippen LogP contribution in [0.3, 0.4) is 0 Å². The number of benzene rings is 1. The van der Waals surface area contributed by atoms with Crippen LogP contribution in [-0.4, -0.2) is 22.3 Å². The molecular weight excluding hydrogens is 259 g/mol. The summed E-state index contributed by atoms with van der Waals surface area (Å²) in [5.41, 5.74) is 0.486. The standard InChI is InChI=1S/C16H19FO3/c17-13-5-3-10(4-6-13)16(9-15(19)20)11-1-2-12(16)8-14(18)7-11/h3-6,11-12,14,18H,1-2,7-9H2,(H,19,20)/t11?,12?,14-,16+. The third-order valence-corrected chi connectivity index (χ3v) is 5.26. The van der Waals surface area contributed by atoms with Crippen molar-refractivity contribution in [3.8, 4) is 0 Å². The molecule has 0 aliphatic heterocycles. The second-order valence-electron chi connectivity index (χ2n) is 6.21. The van der Waals surface area contributed by atoms with Crippen LogP contribution in [0.5, 0.6) is 0 Å². The molecule has 3 rings (SSSR count). The van der Waals surface area contributed by atoms with E-state index in [4.69, 9.17) is 0 Å². The highest BCUT2D eigenvalue weighted by atomic mass is 19.1. The summed E-state index contributed by atoms with van der Waals surface area (Å²) in [6.07, 6.45) is 2.96. The van der Waals surface area contributed by atoms with E-state index in [1.165, 1.54) is 12.1 Å². The Balaban J connectivity index is 2.06. The Hall–Kier alpha value is -1.42. The number of hydrogen-bond acceptors (Lipinski definition) is 2. The molecule has 2 fully saturated rings. The SMILES string of the molecule is O=C(O)C[C@]1(c2ccc(F)cc2)C2CCC1C[C@H](O)C2. The van der Waals surface area contributed by atoms with Crippen molar-refractivity contribution in [3.63, 3.8) is 0 Å². The Morgan fingerprint density at radius 2 is 1.75 bits per heavy atom. The first-order chi connectivity index (χ1) is 9.52. The first-order valence-corrected chi connectivity index (χ1v) is 7.18. The van der Waals surface area contributed by atoms with Crippen LogP contribution in [0.15, 0.2) is 24.3 Å². The van der Waals surface area contributed by atoms with Crippen LogP contribution in [0.2, 0.25) is 0 Å². The molecule has 0 saturated heterocycles. The fraction of sp³-hybridized carbons (Fsp3) is 0.562. The molecule has 2 aliphatic carbocycles. The smallest absolute Gasteiger partial charge is 0.304 e. The van der Waals surface area contributed by atoms with Crippen LogP contribution in [0, 0.1) is 17.7 Å². The minimum Gasteiger partial charge on any atom is -0.481 e. The van der Waals surface area contributed by atoms with Crippen molar-refractivity contribution in [1.29, 1.82) is 0 Å². The van der Waals surface area contributed by atoms with Gasteiger partial charge in [0.1, 0.15) is 5.82 Å². The summed E-state index contributed by atoms with van der Waals surface area (Å²) >= 11 is 0. The monoisotopic (exact) mass is 278 g/mol. The molecule has 1 aromatic carbocycles. The Morgan fingerprint density at radius 1 is 1.20 bits per heavy atom. The zero-order chi connectivity index (χ0) is 14.3. The molecule has 3 nitrogen and oxygen atoms in total. The lowest BCUT2D eigenvalue weighted by atomic mass is 9.59. The zero-order valence-electron chi connectivity index (χ0n) is 11.3. The molecule has 0 heterocycles. The molecule has 2 N–H and O–H groups in total. The van der Waals surface area contributed by atoms with Gasteiger partial charge in [0.25, 0.3) is 0 Å². The topological polar surface area (TPSA) is 57.5 Å². The summed E-state index contributed by atoms with van der Waals surface area (Å²) in [6.45, 7) is 0. The highest BCUT2D eigenvalue weighted by Gasteiger charge is 2.55. The molecule has 2 atom stereocenters. The first kappa shape index (κ1) is 13.6. The van der Waals surface area contributed by atoms with Gasteiger partial charge in [-0.2, -0.15) is 0 Å². The van der Waals surface area contributed by atoms with E-state index < -0.39 is 11.4 Å². The first-order valence-electron chi connectivity index (χ1n) is 7.18. The number of aliphatic hydroxyl groups is 1. The van der Waals surface area contributed by atoms with Crippen LogP contribution >= 0.6 is 0 Å². The molecule has 0 spiro atoms. The van der Waals surface area contributed by atoms with Crippen molar-refractivity contribution in [2.24, 2.45) is 11.8 Å². The number of aliphatic hydroxyl groups excluding tert-OH is 1.